The maximum atomic E-state index is 10.9. The summed E-state index contributed by atoms with van der Waals surface area (Å²) in [5, 5.41) is 0.198. The number of esters is 1. The summed E-state index contributed by atoms with van der Waals surface area (Å²) in [6.07, 6.45) is 1.94. The molecule has 1 atom stereocenters. The fourth-order valence-electron chi connectivity index (χ4n) is 1.50. The van der Waals surface area contributed by atoms with Crippen molar-refractivity contribution >= 4 is 23.8 Å². The number of hydrogen-bond donors (Lipinski definition) is 0. The summed E-state index contributed by atoms with van der Waals surface area (Å²) in [5.41, 5.74) is 1.12. The van der Waals surface area contributed by atoms with Crippen LogP contribution in [-0.2, 0) is 9.53 Å². The van der Waals surface area contributed by atoms with Gasteiger partial charge in [0.05, 0.1) is 5.25 Å². The van der Waals surface area contributed by atoms with Crippen molar-refractivity contribution in [3.8, 4) is 0 Å². The Balaban J connectivity index is 2.34. The first kappa shape index (κ1) is 10.3. The smallest absolute Gasteiger partial charge is 0.307 e. The van der Waals surface area contributed by atoms with Crippen LogP contribution in [0.1, 0.15) is 19.4 Å². The quantitative estimate of drug-likeness (QED) is 0.680. The molecule has 0 fully saturated rings. The predicted molar refractivity (Wildman–Crippen MR) is 61.5 cm³/mol. The van der Waals surface area contributed by atoms with E-state index in [1.165, 1.54) is 11.8 Å². The fraction of sp³-hybridized carbons (Fsp3) is 0.250. The predicted octanol–water partition coefficient (Wildman–Crippen LogP) is 3.08. The van der Waals surface area contributed by atoms with Crippen LogP contribution < -0.4 is 0 Å². The first-order valence-corrected chi connectivity index (χ1v) is 5.70. The minimum atomic E-state index is -0.256. The van der Waals surface area contributed by atoms with Gasteiger partial charge in [-0.3, -0.25) is 4.79 Å². The van der Waals surface area contributed by atoms with Crippen molar-refractivity contribution in [2.75, 3.05) is 0 Å². The lowest BCUT2D eigenvalue weighted by Crippen LogP contribution is -2.11. The van der Waals surface area contributed by atoms with Crippen LogP contribution in [0.25, 0.3) is 6.08 Å². The molecule has 3 heteroatoms. The number of fused-ring (bicyclic) bond motifs is 1. The molecule has 15 heavy (non-hydrogen) atoms. The van der Waals surface area contributed by atoms with Gasteiger partial charge in [0.1, 0.15) is 5.76 Å². The Labute approximate surface area is 93.3 Å². The van der Waals surface area contributed by atoms with E-state index in [2.05, 4.69) is 6.07 Å². The van der Waals surface area contributed by atoms with Gasteiger partial charge in [0.25, 0.3) is 0 Å². The molecule has 0 saturated heterocycles. The lowest BCUT2D eigenvalue weighted by molar-refractivity contribution is -0.136. The summed E-state index contributed by atoms with van der Waals surface area (Å²) >= 11 is 1.72. The average molecular weight is 220 g/mol. The van der Waals surface area contributed by atoms with Crippen LogP contribution in [0, 0.1) is 0 Å². The van der Waals surface area contributed by atoms with Crippen LogP contribution in [0.2, 0.25) is 0 Å². The Morgan fingerprint density at radius 3 is 2.87 bits per heavy atom. The molecule has 1 aliphatic rings. The summed E-state index contributed by atoms with van der Waals surface area (Å²) in [5.74, 6) is 0.485. The van der Waals surface area contributed by atoms with Gasteiger partial charge in [0, 0.05) is 11.8 Å². The van der Waals surface area contributed by atoms with E-state index < -0.39 is 0 Å². The average Bonchev–Trinajstić information content (AvgIpc) is 2.18. The number of ether oxygens (including phenoxy) is 1. The van der Waals surface area contributed by atoms with Crippen LogP contribution in [0.3, 0.4) is 0 Å². The van der Waals surface area contributed by atoms with Crippen molar-refractivity contribution < 1.29 is 9.53 Å². The maximum Gasteiger partial charge on any atom is 0.307 e. The second kappa shape index (κ2) is 4.11. The number of rotatable bonds is 1. The molecule has 0 aromatic heterocycles. The molecule has 0 spiro atoms. The molecular weight excluding hydrogens is 208 g/mol. The normalized spacial score (nSPS) is 19.1. The highest BCUT2D eigenvalue weighted by Crippen LogP contribution is 2.37. The number of benzene rings is 1. The van der Waals surface area contributed by atoms with Gasteiger partial charge >= 0.3 is 5.97 Å². The van der Waals surface area contributed by atoms with Crippen LogP contribution in [0.15, 0.2) is 34.9 Å². The van der Waals surface area contributed by atoms with Gasteiger partial charge in [-0.05, 0) is 24.6 Å². The SMILES string of the molecule is CC(=O)OC1=Cc2ccccc2SC1C. The summed E-state index contributed by atoms with van der Waals surface area (Å²) in [6, 6.07) is 8.11. The van der Waals surface area contributed by atoms with Crippen LogP contribution in [-0.4, -0.2) is 11.2 Å². The van der Waals surface area contributed by atoms with Gasteiger partial charge in [-0.2, -0.15) is 0 Å². The zero-order chi connectivity index (χ0) is 10.8. The van der Waals surface area contributed by atoms with Crippen molar-refractivity contribution in [1.82, 2.24) is 0 Å². The molecule has 2 rings (SSSR count). The maximum absolute atomic E-state index is 10.9. The monoisotopic (exact) mass is 220 g/mol. The lowest BCUT2D eigenvalue weighted by Gasteiger charge is -2.21. The van der Waals surface area contributed by atoms with E-state index in [9.17, 15) is 4.79 Å². The van der Waals surface area contributed by atoms with Gasteiger partial charge in [-0.25, -0.2) is 0 Å². The van der Waals surface area contributed by atoms with Crippen molar-refractivity contribution in [2.24, 2.45) is 0 Å². The van der Waals surface area contributed by atoms with Crippen molar-refractivity contribution in [2.45, 2.75) is 24.0 Å². The zero-order valence-electron chi connectivity index (χ0n) is 8.69. The second-order valence-corrected chi connectivity index (χ2v) is 4.82. The number of carbonyl (C=O) groups is 1. The van der Waals surface area contributed by atoms with E-state index in [-0.39, 0.29) is 11.2 Å². The third kappa shape index (κ3) is 2.23. The third-order valence-corrected chi connectivity index (χ3v) is 3.39. The van der Waals surface area contributed by atoms with Gasteiger partial charge in [0.2, 0.25) is 0 Å². The second-order valence-electron chi connectivity index (χ2n) is 3.44. The van der Waals surface area contributed by atoms with Gasteiger partial charge in [-0.1, -0.05) is 18.2 Å². The number of carbonyl (C=O) groups excluding carboxylic acids is 1. The van der Waals surface area contributed by atoms with Crippen LogP contribution in [0.4, 0.5) is 0 Å². The van der Waals surface area contributed by atoms with Crippen molar-refractivity contribution in [3.63, 3.8) is 0 Å². The Morgan fingerprint density at radius 2 is 2.13 bits per heavy atom. The Bertz CT molecular complexity index is 423. The molecule has 0 aliphatic carbocycles. The minimum Gasteiger partial charge on any atom is -0.430 e. The molecule has 0 amide bonds. The van der Waals surface area contributed by atoms with Gasteiger partial charge < -0.3 is 4.74 Å². The summed E-state index contributed by atoms with van der Waals surface area (Å²) in [4.78, 5) is 12.1. The van der Waals surface area contributed by atoms with Crippen molar-refractivity contribution in [1.29, 1.82) is 0 Å². The summed E-state index contributed by atoms with van der Waals surface area (Å²) in [6.45, 7) is 3.47. The van der Waals surface area contributed by atoms with Crippen LogP contribution in [0.5, 0.6) is 0 Å². The van der Waals surface area contributed by atoms with E-state index >= 15 is 0 Å². The van der Waals surface area contributed by atoms with Gasteiger partial charge in [-0.15, -0.1) is 11.8 Å². The first-order chi connectivity index (χ1) is 7.16. The third-order valence-electron chi connectivity index (χ3n) is 2.18. The highest BCUT2D eigenvalue weighted by Gasteiger charge is 2.20. The number of thioether (sulfide) groups is 1. The molecule has 2 nitrogen and oxygen atoms in total. The molecular formula is C12H12O2S. The molecule has 1 aromatic rings. The van der Waals surface area contributed by atoms with E-state index in [1.54, 1.807) is 11.8 Å². The van der Waals surface area contributed by atoms with Crippen molar-refractivity contribution in [3.05, 3.63) is 35.6 Å². The molecule has 1 unspecified atom stereocenters. The zero-order valence-corrected chi connectivity index (χ0v) is 9.51. The summed E-state index contributed by atoms with van der Waals surface area (Å²) in [7, 11) is 0. The van der Waals surface area contributed by atoms with E-state index in [1.807, 2.05) is 31.2 Å². The molecule has 1 aliphatic heterocycles. The van der Waals surface area contributed by atoms with Gasteiger partial charge in [0.15, 0.2) is 0 Å². The van der Waals surface area contributed by atoms with E-state index in [0.717, 1.165) is 11.3 Å². The Kier molecular flexibility index (Phi) is 2.82. The lowest BCUT2D eigenvalue weighted by atomic mass is 10.1. The number of hydrogen-bond acceptors (Lipinski definition) is 3. The first-order valence-electron chi connectivity index (χ1n) is 4.82. The Hall–Kier alpha value is -1.22. The topological polar surface area (TPSA) is 26.3 Å². The van der Waals surface area contributed by atoms with E-state index in [0.29, 0.717) is 0 Å². The minimum absolute atomic E-state index is 0.198. The molecule has 1 aromatic carbocycles. The molecule has 78 valence electrons. The Morgan fingerprint density at radius 1 is 1.40 bits per heavy atom. The summed E-state index contributed by atoms with van der Waals surface area (Å²) < 4.78 is 5.16. The molecule has 0 bridgehead atoms. The van der Waals surface area contributed by atoms with E-state index in [4.69, 9.17) is 4.74 Å². The molecule has 0 N–H and O–H groups in total. The van der Waals surface area contributed by atoms with Crippen LogP contribution >= 0.6 is 11.8 Å². The molecule has 0 radical (unpaired) electrons. The highest BCUT2D eigenvalue weighted by molar-refractivity contribution is 8.00. The fourth-order valence-corrected chi connectivity index (χ4v) is 2.54. The molecule has 0 saturated carbocycles. The molecule has 1 heterocycles. The largest absolute Gasteiger partial charge is 0.430 e. The highest BCUT2D eigenvalue weighted by atomic mass is 32.2. The standard InChI is InChI=1S/C12H12O2S/c1-8-11(14-9(2)13)7-10-5-3-4-6-12(10)15-8/h3-8H,1-2H3.